The minimum Gasteiger partial charge on any atom is -0.497 e. The Morgan fingerprint density at radius 3 is 2.63 bits per heavy atom. The predicted octanol–water partition coefficient (Wildman–Crippen LogP) is 2.44. The van der Waals surface area contributed by atoms with Crippen molar-refractivity contribution in [2.24, 2.45) is 5.92 Å². The monoisotopic (exact) mass is 260 g/mol. The largest absolute Gasteiger partial charge is 0.497 e. The molecule has 3 heteroatoms. The van der Waals surface area contributed by atoms with E-state index in [-0.39, 0.29) is 0 Å². The van der Waals surface area contributed by atoms with E-state index in [1.165, 1.54) is 37.9 Å². The lowest BCUT2D eigenvalue weighted by atomic mass is 10.00. The Kier molecular flexibility index (Phi) is 4.04. The maximum atomic E-state index is 5.27. The summed E-state index contributed by atoms with van der Waals surface area (Å²) in [6, 6.07) is 9.31. The summed E-state index contributed by atoms with van der Waals surface area (Å²) < 4.78 is 5.27. The zero-order valence-corrected chi connectivity index (χ0v) is 11.8. The third-order valence-electron chi connectivity index (χ3n) is 4.29. The van der Waals surface area contributed by atoms with E-state index >= 15 is 0 Å². The number of hydrogen-bond donors (Lipinski definition) is 1. The van der Waals surface area contributed by atoms with Gasteiger partial charge in [-0.25, -0.2) is 0 Å². The van der Waals surface area contributed by atoms with Crippen LogP contribution in [-0.4, -0.2) is 38.2 Å². The normalized spacial score (nSPS) is 22.8. The Balaban J connectivity index is 1.78. The van der Waals surface area contributed by atoms with Gasteiger partial charge in [0.25, 0.3) is 0 Å². The maximum Gasteiger partial charge on any atom is 0.118 e. The van der Waals surface area contributed by atoms with Crippen LogP contribution in [0, 0.1) is 5.92 Å². The first-order chi connectivity index (χ1) is 9.38. The van der Waals surface area contributed by atoms with Gasteiger partial charge in [0.15, 0.2) is 0 Å². The van der Waals surface area contributed by atoms with Gasteiger partial charge in [-0.2, -0.15) is 0 Å². The molecule has 19 heavy (non-hydrogen) atoms. The Bertz CT molecular complexity index is 392. The van der Waals surface area contributed by atoms with Gasteiger partial charge >= 0.3 is 0 Å². The van der Waals surface area contributed by atoms with Crippen LogP contribution < -0.4 is 10.1 Å². The van der Waals surface area contributed by atoms with Gasteiger partial charge in [0.2, 0.25) is 0 Å². The number of hydrogen-bond acceptors (Lipinski definition) is 3. The molecule has 1 saturated carbocycles. The molecule has 104 valence electrons. The molecule has 1 aliphatic carbocycles. The molecule has 0 bridgehead atoms. The molecule has 0 aromatic heterocycles. The van der Waals surface area contributed by atoms with Crippen LogP contribution in [0.3, 0.4) is 0 Å². The summed E-state index contributed by atoms with van der Waals surface area (Å²) in [6.07, 6.45) is 4.04. The van der Waals surface area contributed by atoms with Crippen molar-refractivity contribution in [3.8, 4) is 5.75 Å². The predicted molar refractivity (Wildman–Crippen MR) is 77.5 cm³/mol. The van der Waals surface area contributed by atoms with Crippen molar-refractivity contribution in [2.75, 3.05) is 33.3 Å². The highest BCUT2D eigenvalue weighted by atomic mass is 16.5. The summed E-state index contributed by atoms with van der Waals surface area (Å²) in [5.74, 6) is 1.82. The molecule has 1 atom stereocenters. The molecule has 1 aromatic carbocycles. The summed E-state index contributed by atoms with van der Waals surface area (Å²) in [5.41, 5.74) is 1.46. The van der Waals surface area contributed by atoms with Crippen LogP contribution in [0.15, 0.2) is 24.3 Å². The SMILES string of the molecule is COc1ccc(C(C2CC2)N2CCCNCC2)cc1. The van der Waals surface area contributed by atoms with E-state index in [0.29, 0.717) is 6.04 Å². The smallest absolute Gasteiger partial charge is 0.118 e. The first-order valence-electron chi connectivity index (χ1n) is 7.47. The van der Waals surface area contributed by atoms with E-state index in [2.05, 4.69) is 34.5 Å². The lowest BCUT2D eigenvalue weighted by Crippen LogP contribution is -2.33. The molecule has 1 heterocycles. The Labute approximate surface area is 115 Å². The fourth-order valence-electron chi connectivity index (χ4n) is 3.14. The summed E-state index contributed by atoms with van der Waals surface area (Å²) in [7, 11) is 1.73. The van der Waals surface area contributed by atoms with Crippen LogP contribution in [0.2, 0.25) is 0 Å². The molecule has 1 aromatic rings. The van der Waals surface area contributed by atoms with Crippen molar-refractivity contribution in [2.45, 2.75) is 25.3 Å². The topological polar surface area (TPSA) is 24.5 Å². The lowest BCUT2D eigenvalue weighted by molar-refractivity contribution is 0.189. The van der Waals surface area contributed by atoms with E-state index < -0.39 is 0 Å². The van der Waals surface area contributed by atoms with E-state index in [1.807, 2.05) is 0 Å². The van der Waals surface area contributed by atoms with Gasteiger partial charge in [-0.05, 0) is 49.4 Å². The van der Waals surface area contributed by atoms with Crippen molar-refractivity contribution in [3.05, 3.63) is 29.8 Å². The van der Waals surface area contributed by atoms with E-state index in [4.69, 9.17) is 4.74 Å². The highest BCUT2D eigenvalue weighted by molar-refractivity contribution is 5.30. The van der Waals surface area contributed by atoms with Gasteiger partial charge in [-0.15, -0.1) is 0 Å². The molecule has 3 rings (SSSR count). The zero-order chi connectivity index (χ0) is 13.1. The van der Waals surface area contributed by atoms with E-state index in [9.17, 15) is 0 Å². The Hall–Kier alpha value is -1.06. The molecular formula is C16H24N2O. The third kappa shape index (κ3) is 3.10. The zero-order valence-electron chi connectivity index (χ0n) is 11.8. The van der Waals surface area contributed by atoms with Crippen LogP contribution in [0.1, 0.15) is 30.9 Å². The van der Waals surface area contributed by atoms with Crippen molar-refractivity contribution in [1.29, 1.82) is 0 Å². The van der Waals surface area contributed by atoms with Gasteiger partial charge in [0.05, 0.1) is 7.11 Å². The molecule has 0 spiro atoms. The molecule has 2 fully saturated rings. The minimum atomic E-state index is 0.616. The molecule has 0 radical (unpaired) electrons. The number of rotatable bonds is 4. The number of nitrogens with zero attached hydrogens (tertiary/aromatic N) is 1. The van der Waals surface area contributed by atoms with Crippen molar-refractivity contribution < 1.29 is 4.74 Å². The maximum absolute atomic E-state index is 5.27. The van der Waals surface area contributed by atoms with Crippen molar-refractivity contribution in [3.63, 3.8) is 0 Å². The van der Waals surface area contributed by atoms with E-state index in [0.717, 1.165) is 24.8 Å². The molecule has 2 aliphatic rings. The average Bonchev–Trinajstić information content (AvgIpc) is 3.27. The number of nitrogens with one attached hydrogen (secondary N) is 1. The quantitative estimate of drug-likeness (QED) is 0.900. The Morgan fingerprint density at radius 2 is 1.95 bits per heavy atom. The molecule has 3 nitrogen and oxygen atoms in total. The highest BCUT2D eigenvalue weighted by Gasteiger charge is 2.36. The second kappa shape index (κ2) is 5.93. The first-order valence-corrected chi connectivity index (χ1v) is 7.47. The summed E-state index contributed by atoms with van der Waals surface area (Å²) in [4.78, 5) is 2.68. The van der Waals surface area contributed by atoms with Crippen LogP contribution in [0.25, 0.3) is 0 Å². The number of ether oxygens (including phenoxy) is 1. The van der Waals surface area contributed by atoms with Gasteiger partial charge < -0.3 is 10.1 Å². The van der Waals surface area contributed by atoms with Crippen LogP contribution in [0.5, 0.6) is 5.75 Å². The lowest BCUT2D eigenvalue weighted by Gasteiger charge is -2.31. The molecule has 0 amide bonds. The van der Waals surface area contributed by atoms with Gasteiger partial charge in [-0.1, -0.05) is 12.1 Å². The minimum absolute atomic E-state index is 0.616. The second-order valence-electron chi connectivity index (χ2n) is 5.69. The number of methoxy groups -OCH3 is 1. The molecule has 1 unspecified atom stereocenters. The van der Waals surface area contributed by atoms with Crippen LogP contribution >= 0.6 is 0 Å². The second-order valence-corrected chi connectivity index (χ2v) is 5.69. The fourth-order valence-corrected chi connectivity index (χ4v) is 3.14. The summed E-state index contributed by atoms with van der Waals surface area (Å²) >= 11 is 0. The standard InChI is InChI=1S/C16H24N2O/c1-19-15-7-5-14(6-8-15)16(13-3-4-13)18-11-2-9-17-10-12-18/h5-8,13,16-17H,2-4,9-12H2,1H3. The molecule has 1 aliphatic heterocycles. The number of benzene rings is 1. The highest BCUT2D eigenvalue weighted by Crippen LogP contribution is 2.44. The molecule has 1 N–H and O–H groups in total. The third-order valence-corrected chi connectivity index (χ3v) is 4.29. The van der Waals surface area contributed by atoms with Crippen molar-refractivity contribution >= 4 is 0 Å². The average molecular weight is 260 g/mol. The Morgan fingerprint density at radius 1 is 1.16 bits per heavy atom. The van der Waals surface area contributed by atoms with E-state index in [1.54, 1.807) is 7.11 Å². The van der Waals surface area contributed by atoms with Gasteiger partial charge in [0, 0.05) is 25.7 Å². The first kappa shape index (κ1) is 12.9. The fraction of sp³-hybridized carbons (Fsp3) is 0.625. The molecular weight excluding hydrogens is 236 g/mol. The van der Waals surface area contributed by atoms with Gasteiger partial charge in [0.1, 0.15) is 5.75 Å². The van der Waals surface area contributed by atoms with Crippen molar-refractivity contribution in [1.82, 2.24) is 10.2 Å². The summed E-state index contributed by atoms with van der Waals surface area (Å²) in [6.45, 7) is 4.68. The van der Waals surface area contributed by atoms with Crippen LogP contribution in [0.4, 0.5) is 0 Å². The van der Waals surface area contributed by atoms with Gasteiger partial charge in [-0.3, -0.25) is 4.90 Å². The molecule has 1 saturated heterocycles. The van der Waals surface area contributed by atoms with Crippen LogP contribution in [-0.2, 0) is 0 Å². The summed E-state index contributed by atoms with van der Waals surface area (Å²) in [5, 5.41) is 3.50.